The first-order chi connectivity index (χ1) is 8.02. The first kappa shape index (κ1) is 11.8. The van der Waals surface area contributed by atoms with E-state index in [1.165, 1.54) is 12.1 Å². The average molecular weight is 232 g/mol. The van der Waals surface area contributed by atoms with E-state index in [-0.39, 0.29) is 11.1 Å². The fraction of sp³-hybridized carbons (Fsp3) is 0.200. The Morgan fingerprint density at radius 3 is 2.59 bits per heavy atom. The van der Waals surface area contributed by atoms with Crippen molar-refractivity contribution in [1.29, 1.82) is 0 Å². The second-order valence-electron chi connectivity index (χ2n) is 4.15. The molecular formula is C15H14F2. The molecule has 0 unspecified atom stereocenters. The minimum Gasteiger partial charge on any atom is -0.196 e. The van der Waals surface area contributed by atoms with Crippen molar-refractivity contribution in [2.75, 3.05) is 0 Å². The molecule has 2 rings (SSSR count). The Kier molecular flexibility index (Phi) is 2.74. The molecule has 0 atom stereocenters. The van der Waals surface area contributed by atoms with Gasteiger partial charge in [-0.3, -0.25) is 0 Å². The number of halogens is 2. The van der Waals surface area contributed by atoms with Gasteiger partial charge < -0.3 is 0 Å². The van der Waals surface area contributed by atoms with E-state index < -0.39 is 5.92 Å². The maximum Gasteiger partial charge on any atom is 0.299 e. The Morgan fingerprint density at radius 1 is 1.29 bits per heavy atom. The van der Waals surface area contributed by atoms with Gasteiger partial charge in [-0.25, -0.2) is 0 Å². The van der Waals surface area contributed by atoms with E-state index >= 15 is 0 Å². The van der Waals surface area contributed by atoms with Gasteiger partial charge in [0.05, 0.1) is 0 Å². The van der Waals surface area contributed by atoms with Crippen molar-refractivity contribution >= 4 is 5.57 Å². The van der Waals surface area contributed by atoms with Crippen molar-refractivity contribution in [1.82, 2.24) is 0 Å². The lowest BCUT2D eigenvalue weighted by Crippen LogP contribution is -2.11. The number of fused-ring (bicyclic) bond motifs is 1. The molecule has 0 nitrogen and oxygen atoms in total. The van der Waals surface area contributed by atoms with Crippen molar-refractivity contribution in [2.45, 2.75) is 19.8 Å². The second-order valence-corrected chi connectivity index (χ2v) is 4.15. The Hall–Kier alpha value is -1.70. The monoisotopic (exact) mass is 232 g/mol. The summed E-state index contributed by atoms with van der Waals surface area (Å²) >= 11 is 0. The maximum absolute atomic E-state index is 14.1. The van der Waals surface area contributed by atoms with Crippen LogP contribution in [0.25, 0.3) is 5.57 Å². The number of allylic oxidation sites excluding steroid dienone is 5. The highest BCUT2D eigenvalue weighted by atomic mass is 19.3. The molecular weight excluding hydrogens is 218 g/mol. The molecule has 1 aliphatic rings. The first-order valence-corrected chi connectivity index (χ1v) is 5.51. The topological polar surface area (TPSA) is 0 Å². The highest BCUT2D eigenvalue weighted by Crippen LogP contribution is 2.49. The molecule has 0 aromatic heterocycles. The van der Waals surface area contributed by atoms with Gasteiger partial charge >= 0.3 is 0 Å². The molecule has 1 aromatic rings. The van der Waals surface area contributed by atoms with Crippen LogP contribution >= 0.6 is 0 Å². The quantitative estimate of drug-likeness (QED) is 0.698. The van der Waals surface area contributed by atoms with Crippen LogP contribution in [0, 0.1) is 6.92 Å². The van der Waals surface area contributed by atoms with E-state index in [0.717, 1.165) is 5.56 Å². The zero-order chi connectivity index (χ0) is 12.6. The maximum atomic E-state index is 14.1. The van der Waals surface area contributed by atoms with Crippen LogP contribution in [-0.2, 0) is 5.92 Å². The summed E-state index contributed by atoms with van der Waals surface area (Å²) in [6.07, 6.45) is 4.74. The predicted octanol–water partition coefficient (Wildman–Crippen LogP) is 4.62. The smallest absolute Gasteiger partial charge is 0.196 e. The molecule has 1 aliphatic carbocycles. The molecule has 0 saturated heterocycles. The molecule has 0 spiro atoms. The summed E-state index contributed by atoms with van der Waals surface area (Å²) < 4.78 is 28.3. The number of benzene rings is 1. The zero-order valence-electron chi connectivity index (χ0n) is 9.93. The first-order valence-electron chi connectivity index (χ1n) is 5.51. The Morgan fingerprint density at radius 2 is 2.00 bits per heavy atom. The van der Waals surface area contributed by atoms with Gasteiger partial charge in [-0.1, -0.05) is 48.6 Å². The molecule has 0 bridgehead atoms. The van der Waals surface area contributed by atoms with Gasteiger partial charge in [-0.2, -0.15) is 8.78 Å². The number of aryl methyl sites for hydroxylation is 1. The molecule has 0 saturated carbocycles. The number of rotatable bonds is 2. The van der Waals surface area contributed by atoms with Gasteiger partial charge in [0.15, 0.2) is 0 Å². The lowest BCUT2D eigenvalue weighted by atomic mass is 10.0. The van der Waals surface area contributed by atoms with Gasteiger partial charge in [0, 0.05) is 11.1 Å². The van der Waals surface area contributed by atoms with Crippen molar-refractivity contribution in [3.05, 3.63) is 65.3 Å². The molecule has 1 aromatic carbocycles. The summed E-state index contributed by atoms with van der Waals surface area (Å²) in [5.41, 5.74) is 2.24. The number of hydrogen-bond donors (Lipinski definition) is 0. The van der Waals surface area contributed by atoms with E-state index in [2.05, 4.69) is 6.58 Å². The van der Waals surface area contributed by atoms with Crippen LogP contribution < -0.4 is 0 Å². The minimum atomic E-state index is -2.93. The van der Waals surface area contributed by atoms with Crippen LogP contribution in [0.5, 0.6) is 0 Å². The van der Waals surface area contributed by atoms with Gasteiger partial charge in [-0.05, 0) is 25.0 Å². The summed E-state index contributed by atoms with van der Waals surface area (Å²) in [6.45, 7) is 7.22. The zero-order valence-corrected chi connectivity index (χ0v) is 9.93. The van der Waals surface area contributed by atoms with Crippen molar-refractivity contribution < 1.29 is 8.78 Å². The molecule has 2 heteroatoms. The van der Waals surface area contributed by atoms with Crippen LogP contribution in [0.1, 0.15) is 23.6 Å². The van der Waals surface area contributed by atoms with Crippen LogP contribution in [0.15, 0.2) is 48.6 Å². The van der Waals surface area contributed by atoms with Crippen LogP contribution in [0.3, 0.4) is 0 Å². The lowest BCUT2D eigenvalue weighted by Gasteiger charge is -2.13. The predicted molar refractivity (Wildman–Crippen MR) is 67.0 cm³/mol. The van der Waals surface area contributed by atoms with Gasteiger partial charge in [0.2, 0.25) is 0 Å². The number of hydrogen-bond acceptors (Lipinski definition) is 0. The Balaban J connectivity index is 2.77. The van der Waals surface area contributed by atoms with E-state index in [1.807, 2.05) is 13.8 Å². The number of alkyl halides is 2. The summed E-state index contributed by atoms with van der Waals surface area (Å²) in [5, 5.41) is 0. The van der Waals surface area contributed by atoms with E-state index in [4.69, 9.17) is 0 Å². The molecule has 0 amide bonds. The van der Waals surface area contributed by atoms with Crippen molar-refractivity contribution in [3.63, 3.8) is 0 Å². The minimum absolute atomic E-state index is 0.00352. The van der Waals surface area contributed by atoms with Crippen molar-refractivity contribution in [2.24, 2.45) is 0 Å². The van der Waals surface area contributed by atoms with Gasteiger partial charge in [0.25, 0.3) is 5.92 Å². The van der Waals surface area contributed by atoms with Gasteiger partial charge in [0.1, 0.15) is 0 Å². The summed E-state index contributed by atoms with van der Waals surface area (Å²) in [7, 11) is 0. The van der Waals surface area contributed by atoms with Crippen LogP contribution in [-0.4, -0.2) is 0 Å². The Bertz CT molecular complexity index is 534. The SMILES string of the molecule is C=CC1=C(/C=C\C)c2cc(C)ccc2C1(F)F. The third-order valence-corrected chi connectivity index (χ3v) is 2.97. The van der Waals surface area contributed by atoms with E-state index in [0.29, 0.717) is 11.1 Å². The largest absolute Gasteiger partial charge is 0.299 e. The molecule has 17 heavy (non-hydrogen) atoms. The highest BCUT2D eigenvalue weighted by Gasteiger charge is 2.44. The fourth-order valence-corrected chi connectivity index (χ4v) is 2.20. The molecule has 0 aliphatic heterocycles. The summed E-state index contributed by atoms with van der Waals surface area (Å²) in [4.78, 5) is 0. The third-order valence-electron chi connectivity index (χ3n) is 2.97. The molecule has 0 fully saturated rings. The van der Waals surface area contributed by atoms with Gasteiger partial charge in [-0.15, -0.1) is 0 Å². The van der Waals surface area contributed by atoms with Crippen LogP contribution in [0.4, 0.5) is 8.78 Å². The molecule has 88 valence electrons. The molecule has 0 N–H and O–H groups in total. The lowest BCUT2D eigenvalue weighted by molar-refractivity contribution is 0.0461. The summed E-state index contributed by atoms with van der Waals surface area (Å²) in [5.74, 6) is -2.93. The van der Waals surface area contributed by atoms with E-state index in [9.17, 15) is 8.78 Å². The normalized spacial score (nSPS) is 17.6. The fourth-order valence-electron chi connectivity index (χ4n) is 2.20. The third kappa shape index (κ3) is 1.64. The summed E-state index contributed by atoms with van der Waals surface area (Å²) in [6, 6.07) is 5.02. The highest BCUT2D eigenvalue weighted by molar-refractivity contribution is 5.86. The van der Waals surface area contributed by atoms with Crippen molar-refractivity contribution in [3.8, 4) is 0 Å². The average Bonchev–Trinajstić information content (AvgIpc) is 2.47. The molecule has 0 radical (unpaired) electrons. The second kappa shape index (κ2) is 3.95. The Labute approximate surface area is 100.0 Å². The van der Waals surface area contributed by atoms with E-state index in [1.54, 1.807) is 24.3 Å². The molecule has 0 heterocycles. The van der Waals surface area contributed by atoms with Crippen LogP contribution in [0.2, 0.25) is 0 Å². The standard InChI is InChI=1S/C15H14F2/c1-4-6-11-12-9-10(3)7-8-14(12)15(16,17)13(11)5-2/h4-9H,2H2,1,3H3/b6-4-.